The van der Waals surface area contributed by atoms with E-state index in [4.69, 9.17) is 0 Å². The summed E-state index contributed by atoms with van der Waals surface area (Å²) in [5, 5.41) is 0. The SMILES string of the molecule is O=C(c1ccc([C@@H](C(=O)[C@H](c2ccc(C(=O)C3CC3)cc2)N2CCC[C@H]2CN2CCCC2)N2CCC[C@H]2CN2CCCC2)cc1)C1CC1. The van der Waals surface area contributed by atoms with Gasteiger partial charge in [0.2, 0.25) is 0 Å². The van der Waals surface area contributed by atoms with Gasteiger partial charge in [0, 0.05) is 48.1 Å². The van der Waals surface area contributed by atoms with Gasteiger partial charge in [0.15, 0.2) is 17.3 Å². The largest absolute Gasteiger partial charge is 0.302 e. The third-order valence-electron chi connectivity index (χ3n) is 12.3. The summed E-state index contributed by atoms with van der Waals surface area (Å²) in [4.78, 5) is 51.8. The minimum Gasteiger partial charge on any atom is -0.302 e. The van der Waals surface area contributed by atoms with E-state index in [0.717, 1.165) is 126 Å². The topological polar surface area (TPSA) is 64.2 Å². The molecule has 4 atom stereocenters. The van der Waals surface area contributed by atoms with Gasteiger partial charge in [-0.1, -0.05) is 48.5 Å². The summed E-state index contributed by atoms with van der Waals surface area (Å²) >= 11 is 0. The smallest absolute Gasteiger partial charge is 0.176 e. The molecular weight excluding hydrogens is 596 g/mol. The van der Waals surface area contributed by atoms with Crippen molar-refractivity contribution in [1.82, 2.24) is 19.6 Å². The van der Waals surface area contributed by atoms with Gasteiger partial charge in [0.1, 0.15) is 0 Å². The molecule has 4 heterocycles. The normalized spacial score (nSPS) is 27.1. The number of hydrogen-bond donors (Lipinski definition) is 0. The van der Waals surface area contributed by atoms with Gasteiger partial charge in [0.25, 0.3) is 0 Å². The molecule has 4 saturated heterocycles. The summed E-state index contributed by atoms with van der Waals surface area (Å²) in [6, 6.07) is 16.2. The Kier molecular flexibility index (Phi) is 9.65. The van der Waals surface area contributed by atoms with Gasteiger partial charge in [-0.05, 0) is 127 Å². The molecule has 2 aliphatic carbocycles. The van der Waals surface area contributed by atoms with Gasteiger partial charge < -0.3 is 9.80 Å². The Bertz CT molecular complexity index is 1340. The number of likely N-dealkylation sites (tertiary alicyclic amines) is 4. The Morgan fingerprint density at radius 1 is 0.500 bits per heavy atom. The van der Waals surface area contributed by atoms with Gasteiger partial charge >= 0.3 is 0 Å². The second-order valence-corrected chi connectivity index (χ2v) is 15.8. The van der Waals surface area contributed by atoms with Crippen molar-refractivity contribution >= 4 is 17.3 Å². The molecule has 0 bridgehead atoms. The Labute approximate surface area is 287 Å². The number of benzene rings is 2. The summed E-state index contributed by atoms with van der Waals surface area (Å²) < 4.78 is 0. The van der Waals surface area contributed by atoms with Crippen LogP contribution in [0.4, 0.5) is 0 Å². The maximum absolute atomic E-state index is 15.6. The first kappa shape index (κ1) is 32.5. The van der Waals surface area contributed by atoms with Crippen LogP contribution in [0.2, 0.25) is 0 Å². The molecule has 6 fully saturated rings. The zero-order chi connectivity index (χ0) is 32.6. The quantitative estimate of drug-likeness (QED) is 0.221. The third kappa shape index (κ3) is 6.98. The van der Waals surface area contributed by atoms with Crippen molar-refractivity contribution in [2.24, 2.45) is 11.8 Å². The molecule has 48 heavy (non-hydrogen) atoms. The van der Waals surface area contributed by atoms with Crippen LogP contribution < -0.4 is 0 Å². The summed E-state index contributed by atoms with van der Waals surface area (Å²) in [7, 11) is 0. The molecule has 0 amide bonds. The fourth-order valence-corrected chi connectivity index (χ4v) is 9.32. The fourth-order valence-electron chi connectivity index (χ4n) is 9.32. The molecule has 0 N–H and O–H groups in total. The third-order valence-corrected chi connectivity index (χ3v) is 12.3. The Hall–Kier alpha value is -2.71. The summed E-state index contributed by atoms with van der Waals surface area (Å²) in [5.74, 6) is 1.10. The summed E-state index contributed by atoms with van der Waals surface area (Å²) in [5.41, 5.74) is 3.59. The second kappa shape index (κ2) is 14.3. The number of Topliss-reactive ketones (excluding diaryl/α,β-unsaturated/α-hetero) is 3. The molecule has 2 aromatic carbocycles. The highest BCUT2D eigenvalue weighted by molar-refractivity contribution is 6.00. The number of carbonyl (C=O) groups is 3. The lowest BCUT2D eigenvalue weighted by Crippen LogP contribution is -2.49. The molecule has 2 saturated carbocycles. The van der Waals surface area contributed by atoms with Crippen LogP contribution in [0.25, 0.3) is 0 Å². The lowest BCUT2D eigenvalue weighted by Gasteiger charge is -2.40. The van der Waals surface area contributed by atoms with Crippen LogP contribution in [0, 0.1) is 11.8 Å². The van der Waals surface area contributed by atoms with Crippen LogP contribution in [-0.2, 0) is 4.79 Å². The molecule has 0 aromatic heterocycles. The van der Waals surface area contributed by atoms with Crippen molar-refractivity contribution in [3.8, 4) is 0 Å². The minimum absolute atomic E-state index is 0.179. The van der Waals surface area contributed by atoms with E-state index in [1.807, 2.05) is 24.3 Å². The zero-order valence-electron chi connectivity index (χ0n) is 28.7. The molecule has 7 heteroatoms. The first-order chi connectivity index (χ1) is 23.5. The molecule has 256 valence electrons. The van der Waals surface area contributed by atoms with E-state index in [9.17, 15) is 9.59 Å². The Morgan fingerprint density at radius 3 is 1.23 bits per heavy atom. The maximum atomic E-state index is 15.6. The highest BCUT2D eigenvalue weighted by atomic mass is 16.1. The monoisotopic (exact) mass is 650 g/mol. The maximum Gasteiger partial charge on any atom is 0.176 e. The zero-order valence-corrected chi connectivity index (χ0v) is 28.7. The summed E-state index contributed by atoms with van der Waals surface area (Å²) in [6.07, 6.45) is 13.5. The molecule has 4 aliphatic heterocycles. The lowest BCUT2D eigenvalue weighted by atomic mass is 9.88. The van der Waals surface area contributed by atoms with E-state index in [1.54, 1.807) is 0 Å². The van der Waals surface area contributed by atoms with Crippen LogP contribution in [0.1, 0.15) is 121 Å². The van der Waals surface area contributed by atoms with Crippen LogP contribution in [0.3, 0.4) is 0 Å². The van der Waals surface area contributed by atoms with E-state index in [2.05, 4.69) is 43.9 Å². The van der Waals surface area contributed by atoms with Crippen molar-refractivity contribution in [2.45, 2.75) is 101 Å². The van der Waals surface area contributed by atoms with Crippen molar-refractivity contribution in [1.29, 1.82) is 0 Å². The average Bonchev–Trinajstić information content (AvgIpc) is 3.89. The Balaban J connectivity index is 1.15. The average molecular weight is 651 g/mol. The van der Waals surface area contributed by atoms with Crippen molar-refractivity contribution in [3.05, 3.63) is 70.8 Å². The lowest BCUT2D eigenvalue weighted by molar-refractivity contribution is -0.131. The van der Waals surface area contributed by atoms with Crippen LogP contribution in [0.15, 0.2) is 48.5 Å². The number of hydrogen-bond acceptors (Lipinski definition) is 7. The van der Waals surface area contributed by atoms with E-state index >= 15 is 4.79 Å². The van der Waals surface area contributed by atoms with E-state index < -0.39 is 0 Å². The van der Waals surface area contributed by atoms with Gasteiger partial charge in [-0.25, -0.2) is 0 Å². The van der Waals surface area contributed by atoms with E-state index in [-0.39, 0.29) is 41.3 Å². The van der Waals surface area contributed by atoms with Crippen LogP contribution >= 0.6 is 0 Å². The first-order valence-corrected chi connectivity index (χ1v) is 19.3. The van der Waals surface area contributed by atoms with Crippen LogP contribution in [-0.4, -0.2) is 101 Å². The van der Waals surface area contributed by atoms with Crippen molar-refractivity contribution < 1.29 is 14.4 Å². The molecule has 0 unspecified atom stereocenters. The molecule has 6 aliphatic rings. The molecular formula is C41H54N4O3. The van der Waals surface area contributed by atoms with Gasteiger partial charge in [-0.3, -0.25) is 24.2 Å². The number of rotatable bonds is 14. The van der Waals surface area contributed by atoms with Crippen LogP contribution in [0.5, 0.6) is 0 Å². The van der Waals surface area contributed by atoms with E-state index in [0.29, 0.717) is 12.1 Å². The highest BCUT2D eigenvalue weighted by Gasteiger charge is 2.44. The van der Waals surface area contributed by atoms with Gasteiger partial charge in [-0.15, -0.1) is 0 Å². The van der Waals surface area contributed by atoms with Gasteiger partial charge in [0.05, 0.1) is 12.1 Å². The standard InChI is InChI=1S/C41H54N4O3/c46-39(33-17-18-33)31-13-9-29(10-14-31)37(44-25-5-7-35(44)27-42-21-1-2-22-42)41(48)38(30-11-15-32(16-12-30)40(47)34-19-20-34)45-26-6-8-36(45)28-43-23-3-4-24-43/h9-16,33-38H,1-8,17-28H2/t35-,36-,37-,38-/m0/s1. The molecule has 0 spiro atoms. The van der Waals surface area contributed by atoms with Gasteiger partial charge in [-0.2, -0.15) is 0 Å². The first-order valence-electron chi connectivity index (χ1n) is 19.3. The number of carbonyl (C=O) groups excluding carboxylic acids is 3. The molecule has 0 radical (unpaired) electrons. The summed E-state index contributed by atoms with van der Waals surface area (Å²) in [6.45, 7) is 8.48. The number of ketones is 3. The highest BCUT2D eigenvalue weighted by Crippen LogP contribution is 2.41. The van der Waals surface area contributed by atoms with Crippen molar-refractivity contribution in [3.63, 3.8) is 0 Å². The minimum atomic E-state index is -0.379. The van der Waals surface area contributed by atoms with E-state index in [1.165, 1.54) is 25.7 Å². The molecule has 7 nitrogen and oxygen atoms in total. The predicted octanol–water partition coefficient (Wildman–Crippen LogP) is 6.34. The molecule has 2 aromatic rings. The molecule has 8 rings (SSSR count). The van der Waals surface area contributed by atoms with Crippen molar-refractivity contribution in [2.75, 3.05) is 52.4 Å². The fraction of sp³-hybridized carbons (Fsp3) is 0.634. The Morgan fingerprint density at radius 2 is 0.875 bits per heavy atom. The number of nitrogens with zero attached hydrogens (tertiary/aromatic N) is 4. The second-order valence-electron chi connectivity index (χ2n) is 15.8. The predicted molar refractivity (Wildman–Crippen MR) is 188 cm³/mol.